The van der Waals surface area contributed by atoms with Crippen molar-refractivity contribution < 1.29 is 4.74 Å². The van der Waals surface area contributed by atoms with Crippen molar-refractivity contribution in [2.24, 2.45) is 0 Å². The Labute approximate surface area is 109 Å². The Kier molecular flexibility index (Phi) is 2.61. The molecule has 0 radical (unpaired) electrons. The molecule has 1 aliphatic heterocycles. The van der Waals surface area contributed by atoms with E-state index in [-0.39, 0.29) is 5.41 Å². The molecule has 18 heavy (non-hydrogen) atoms. The van der Waals surface area contributed by atoms with Gasteiger partial charge in [-0.15, -0.1) is 0 Å². The number of ether oxygens (including phenoxy) is 1. The molecule has 0 spiro atoms. The molecular weight excluding hydrogens is 222 g/mol. The van der Waals surface area contributed by atoms with Gasteiger partial charge in [0.1, 0.15) is 5.75 Å². The first kappa shape index (κ1) is 11.6. The Morgan fingerprint density at radius 1 is 1.33 bits per heavy atom. The normalized spacial score (nSPS) is 26.2. The van der Waals surface area contributed by atoms with Crippen LogP contribution in [-0.4, -0.2) is 25.6 Å². The van der Waals surface area contributed by atoms with Crippen molar-refractivity contribution in [2.75, 3.05) is 20.7 Å². The summed E-state index contributed by atoms with van der Waals surface area (Å²) in [6.07, 6.45) is 5.97. The molecular formula is C16H21NO. The highest BCUT2D eigenvalue weighted by molar-refractivity contribution is 5.49. The van der Waals surface area contributed by atoms with E-state index in [9.17, 15) is 0 Å². The van der Waals surface area contributed by atoms with Crippen LogP contribution in [0.4, 0.5) is 0 Å². The topological polar surface area (TPSA) is 12.5 Å². The van der Waals surface area contributed by atoms with Gasteiger partial charge in [0.2, 0.25) is 0 Å². The molecule has 2 heteroatoms. The highest BCUT2D eigenvalue weighted by Crippen LogP contribution is 2.46. The largest absolute Gasteiger partial charge is 0.497 e. The number of nitrogens with zero attached hydrogens (tertiary/aromatic N) is 1. The van der Waals surface area contributed by atoms with Gasteiger partial charge in [-0.1, -0.05) is 12.1 Å². The number of likely N-dealkylation sites (N-methyl/N-ethyl adjacent to an activating group) is 1. The number of hydrogen-bond acceptors (Lipinski definition) is 2. The van der Waals surface area contributed by atoms with E-state index in [0.717, 1.165) is 12.2 Å². The molecule has 1 saturated heterocycles. The van der Waals surface area contributed by atoms with Crippen LogP contribution in [0.15, 0.2) is 30.0 Å². The van der Waals surface area contributed by atoms with E-state index >= 15 is 0 Å². The number of rotatable bonds is 1. The highest BCUT2D eigenvalue weighted by Gasteiger charge is 2.39. The van der Waals surface area contributed by atoms with Gasteiger partial charge in [-0.3, -0.25) is 0 Å². The Morgan fingerprint density at radius 2 is 2.17 bits per heavy atom. The summed E-state index contributed by atoms with van der Waals surface area (Å²) in [7, 11) is 3.96. The van der Waals surface area contributed by atoms with Gasteiger partial charge in [0.25, 0.3) is 0 Å². The molecule has 1 atom stereocenters. The zero-order valence-corrected chi connectivity index (χ0v) is 11.5. The van der Waals surface area contributed by atoms with Gasteiger partial charge < -0.3 is 9.64 Å². The number of fused-ring (bicyclic) bond motifs is 3. The zero-order valence-electron chi connectivity index (χ0n) is 11.5. The van der Waals surface area contributed by atoms with E-state index in [2.05, 4.69) is 43.1 Å². The third kappa shape index (κ3) is 1.55. The third-order valence-electron chi connectivity index (χ3n) is 4.57. The Hall–Kier alpha value is -1.44. The summed E-state index contributed by atoms with van der Waals surface area (Å²) in [6, 6.07) is 6.54. The maximum Gasteiger partial charge on any atom is 0.119 e. The SMILES string of the molecule is COc1ccc2c(c1)[C@]1(C)CCCN(C)C1=CC2. The second kappa shape index (κ2) is 4.04. The smallest absolute Gasteiger partial charge is 0.119 e. The lowest BCUT2D eigenvalue weighted by atomic mass is 9.68. The van der Waals surface area contributed by atoms with Gasteiger partial charge in [0, 0.05) is 24.7 Å². The second-order valence-electron chi connectivity index (χ2n) is 5.67. The molecule has 3 rings (SSSR count). The fraction of sp³-hybridized carbons (Fsp3) is 0.500. The van der Waals surface area contributed by atoms with Crippen LogP contribution in [0, 0.1) is 0 Å². The number of methoxy groups -OCH3 is 1. The minimum Gasteiger partial charge on any atom is -0.497 e. The zero-order chi connectivity index (χ0) is 12.8. The van der Waals surface area contributed by atoms with Crippen LogP contribution in [0.5, 0.6) is 5.75 Å². The molecule has 1 aliphatic carbocycles. The van der Waals surface area contributed by atoms with Crippen molar-refractivity contribution in [1.82, 2.24) is 4.90 Å². The van der Waals surface area contributed by atoms with Crippen LogP contribution in [-0.2, 0) is 11.8 Å². The molecule has 1 aromatic rings. The van der Waals surface area contributed by atoms with Crippen molar-refractivity contribution >= 4 is 0 Å². The summed E-state index contributed by atoms with van der Waals surface area (Å²) in [5, 5.41) is 0. The van der Waals surface area contributed by atoms with E-state index in [0.29, 0.717) is 0 Å². The Bertz CT molecular complexity index is 506. The van der Waals surface area contributed by atoms with Crippen molar-refractivity contribution in [2.45, 2.75) is 31.6 Å². The summed E-state index contributed by atoms with van der Waals surface area (Å²) < 4.78 is 5.40. The molecule has 0 aromatic heterocycles. The molecule has 96 valence electrons. The molecule has 0 N–H and O–H groups in total. The van der Waals surface area contributed by atoms with Crippen LogP contribution < -0.4 is 4.74 Å². The lowest BCUT2D eigenvalue weighted by Gasteiger charge is -2.46. The highest BCUT2D eigenvalue weighted by atomic mass is 16.5. The molecule has 2 aliphatic rings. The standard InChI is InChI=1S/C16H21NO/c1-16-9-4-10-17(2)15(16)8-6-12-5-7-13(18-3)11-14(12)16/h5,7-8,11H,4,6,9-10H2,1-3H3/t16-/m0/s1. The minimum absolute atomic E-state index is 0.176. The van der Waals surface area contributed by atoms with Crippen molar-refractivity contribution in [3.63, 3.8) is 0 Å². The van der Waals surface area contributed by atoms with Crippen molar-refractivity contribution in [3.8, 4) is 5.75 Å². The molecule has 0 unspecified atom stereocenters. The monoisotopic (exact) mass is 243 g/mol. The molecule has 2 nitrogen and oxygen atoms in total. The van der Waals surface area contributed by atoms with Crippen molar-refractivity contribution in [1.29, 1.82) is 0 Å². The molecule has 0 bridgehead atoms. The van der Waals surface area contributed by atoms with E-state index in [1.807, 2.05) is 0 Å². The van der Waals surface area contributed by atoms with Crippen LogP contribution in [0.1, 0.15) is 30.9 Å². The summed E-state index contributed by atoms with van der Waals surface area (Å²) in [6.45, 7) is 3.56. The number of piperidine rings is 1. The molecule has 1 heterocycles. The third-order valence-corrected chi connectivity index (χ3v) is 4.57. The Balaban J connectivity index is 2.13. The van der Waals surface area contributed by atoms with E-state index in [1.165, 1.54) is 36.2 Å². The molecule has 1 fully saturated rings. The van der Waals surface area contributed by atoms with Crippen LogP contribution >= 0.6 is 0 Å². The molecule has 0 amide bonds. The van der Waals surface area contributed by atoms with Gasteiger partial charge in [0.05, 0.1) is 7.11 Å². The maximum absolute atomic E-state index is 5.40. The number of likely N-dealkylation sites (tertiary alicyclic amines) is 1. The van der Waals surface area contributed by atoms with Crippen LogP contribution in [0.2, 0.25) is 0 Å². The van der Waals surface area contributed by atoms with Gasteiger partial charge in [-0.25, -0.2) is 0 Å². The predicted molar refractivity (Wildman–Crippen MR) is 74.0 cm³/mol. The lowest BCUT2D eigenvalue weighted by Crippen LogP contribution is -2.42. The van der Waals surface area contributed by atoms with Crippen LogP contribution in [0.25, 0.3) is 0 Å². The quantitative estimate of drug-likeness (QED) is 0.751. The molecule has 0 saturated carbocycles. The number of allylic oxidation sites excluding steroid dienone is 2. The first-order valence-electron chi connectivity index (χ1n) is 6.74. The summed E-state index contributed by atoms with van der Waals surface area (Å²) in [4.78, 5) is 2.42. The van der Waals surface area contributed by atoms with Crippen LogP contribution in [0.3, 0.4) is 0 Å². The van der Waals surface area contributed by atoms with E-state index in [1.54, 1.807) is 7.11 Å². The van der Waals surface area contributed by atoms with Crippen molar-refractivity contribution in [3.05, 3.63) is 41.1 Å². The fourth-order valence-corrected chi connectivity index (χ4v) is 3.57. The van der Waals surface area contributed by atoms with Gasteiger partial charge in [0.15, 0.2) is 0 Å². The second-order valence-corrected chi connectivity index (χ2v) is 5.67. The predicted octanol–water partition coefficient (Wildman–Crippen LogP) is 3.12. The van der Waals surface area contributed by atoms with Gasteiger partial charge in [-0.2, -0.15) is 0 Å². The summed E-state index contributed by atoms with van der Waals surface area (Å²) in [5.74, 6) is 0.976. The van der Waals surface area contributed by atoms with Gasteiger partial charge >= 0.3 is 0 Å². The van der Waals surface area contributed by atoms with Gasteiger partial charge in [-0.05, 0) is 49.4 Å². The lowest BCUT2D eigenvalue weighted by molar-refractivity contribution is 0.253. The van der Waals surface area contributed by atoms with E-state index in [4.69, 9.17) is 4.74 Å². The number of hydrogen-bond donors (Lipinski definition) is 0. The first-order valence-corrected chi connectivity index (χ1v) is 6.74. The first-order chi connectivity index (χ1) is 8.65. The molecule has 1 aromatic carbocycles. The average Bonchev–Trinajstić information content (AvgIpc) is 2.38. The average molecular weight is 243 g/mol. The fourth-order valence-electron chi connectivity index (χ4n) is 3.57. The summed E-state index contributed by atoms with van der Waals surface area (Å²) >= 11 is 0. The number of benzene rings is 1. The minimum atomic E-state index is 0.176. The van der Waals surface area contributed by atoms with E-state index < -0.39 is 0 Å². The summed E-state index contributed by atoms with van der Waals surface area (Å²) in [5.41, 5.74) is 4.59. The maximum atomic E-state index is 5.40. The Morgan fingerprint density at radius 3 is 2.94 bits per heavy atom.